The van der Waals surface area contributed by atoms with Gasteiger partial charge in [0.05, 0.1) is 10.9 Å². The summed E-state index contributed by atoms with van der Waals surface area (Å²) in [5, 5.41) is 7.47. The highest BCUT2D eigenvalue weighted by Crippen LogP contribution is 2.11. The number of carbonyl (C=O) groups excluding carboxylic acids is 1. The number of aryl methyl sites for hydroxylation is 1. The largest absolute Gasteiger partial charge is 0.352 e. The minimum Gasteiger partial charge on any atom is -0.352 e. The van der Waals surface area contributed by atoms with Crippen molar-refractivity contribution in [1.29, 1.82) is 0 Å². The molecule has 0 aliphatic rings. The first-order valence-electron chi connectivity index (χ1n) is 8.23. The number of H-pyrrole nitrogens is 1. The third-order valence-electron chi connectivity index (χ3n) is 3.96. The Bertz CT molecular complexity index is 1050. The number of nitrogens with zero attached hydrogens (tertiary/aromatic N) is 3. The number of aromatic amines is 1. The predicted octanol–water partition coefficient (Wildman–Crippen LogP) is 2.26. The second-order valence-electron chi connectivity index (χ2n) is 5.77. The Hall–Kier alpha value is -3.00. The number of allylic oxidation sites excluding steroid dienone is 1. The molecule has 2 heterocycles. The SMILES string of the molecule is C=CCn1c(=S)[nH]c2cc(C(=O)NCCCn3cccn3)ccc2c1=O. The van der Waals surface area contributed by atoms with Crippen molar-refractivity contribution < 1.29 is 4.79 Å². The van der Waals surface area contributed by atoms with Crippen LogP contribution in [0.25, 0.3) is 10.9 Å². The maximum absolute atomic E-state index is 12.5. The number of hydrogen-bond acceptors (Lipinski definition) is 4. The highest BCUT2D eigenvalue weighted by Gasteiger charge is 2.09. The van der Waals surface area contributed by atoms with E-state index < -0.39 is 0 Å². The summed E-state index contributed by atoms with van der Waals surface area (Å²) in [4.78, 5) is 27.8. The number of fused-ring (bicyclic) bond motifs is 1. The summed E-state index contributed by atoms with van der Waals surface area (Å²) in [6.45, 7) is 5.24. The summed E-state index contributed by atoms with van der Waals surface area (Å²) >= 11 is 5.22. The summed E-state index contributed by atoms with van der Waals surface area (Å²) in [5.41, 5.74) is 0.822. The maximum atomic E-state index is 12.5. The number of hydrogen-bond donors (Lipinski definition) is 2. The molecule has 0 aliphatic carbocycles. The molecule has 0 unspecified atom stereocenters. The van der Waals surface area contributed by atoms with Crippen LogP contribution in [0.15, 0.2) is 54.1 Å². The zero-order valence-electron chi connectivity index (χ0n) is 14.1. The first kappa shape index (κ1) is 17.8. The molecule has 134 valence electrons. The lowest BCUT2D eigenvalue weighted by molar-refractivity contribution is 0.0952. The van der Waals surface area contributed by atoms with Gasteiger partial charge in [0.2, 0.25) is 0 Å². The lowest BCUT2D eigenvalue weighted by Crippen LogP contribution is -2.26. The molecule has 0 saturated carbocycles. The van der Waals surface area contributed by atoms with Gasteiger partial charge in [-0.1, -0.05) is 6.08 Å². The first-order valence-corrected chi connectivity index (χ1v) is 8.64. The van der Waals surface area contributed by atoms with Gasteiger partial charge in [0, 0.05) is 37.6 Å². The van der Waals surface area contributed by atoms with Gasteiger partial charge in [0.25, 0.3) is 11.5 Å². The topological polar surface area (TPSA) is 84.7 Å². The number of amides is 1. The van der Waals surface area contributed by atoms with Crippen LogP contribution in [0, 0.1) is 4.77 Å². The Morgan fingerprint density at radius 1 is 1.42 bits per heavy atom. The van der Waals surface area contributed by atoms with E-state index in [0.717, 1.165) is 13.0 Å². The van der Waals surface area contributed by atoms with E-state index in [2.05, 4.69) is 22.0 Å². The Kier molecular flexibility index (Phi) is 5.43. The van der Waals surface area contributed by atoms with E-state index in [0.29, 0.717) is 34.3 Å². The Morgan fingerprint density at radius 3 is 3.00 bits per heavy atom. The molecule has 3 aromatic rings. The van der Waals surface area contributed by atoms with Crippen LogP contribution < -0.4 is 10.9 Å². The summed E-state index contributed by atoms with van der Waals surface area (Å²) in [6.07, 6.45) is 5.99. The van der Waals surface area contributed by atoms with Gasteiger partial charge in [0.1, 0.15) is 0 Å². The smallest absolute Gasteiger partial charge is 0.262 e. The summed E-state index contributed by atoms with van der Waals surface area (Å²) in [5.74, 6) is -0.193. The van der Waals surface area contributed by atoms with Gasteiger partial charge in [-0.25, -0.2) is 0 Å². The average Bonchev–Trinajstić information content (AvgIpc) is 3.15. The maximum Gasteiger partial charge on any atom is 0.262 e. The van der Waals surface area contributed by atoms with E-state index in [9.17, 15) is 9.59 Å². The van der Waals surface area contributed by atoms with Crippen molar-refractivity contribution in [2.24, 2.45) is 0 Å². The van der Waals surface area contributed by atoms with Crippen molar-refractivity contribution in [2.75, 3.05) is 6.54 Å². The predicted molar refractivity (Wildman–Crippen MR) is 103 cm³/mol. The second kappa shape index (κ2) is 7.92. The van der Waals surface area contributed by atoms with Crippen LogP contribution in [0.1, 0.15) is 16.8 Å². The molecule has 0 saturated heterocycles. The first-order chi connectivity index (χ1) is 12.6. The van der Waals surface area contributed by atoms with Crippen molar-refractivity contribution in [3.8, 4) is 0 Å². The summed E-state index contributed by atoms with van der Waals surface area (Å²) < 4.78 is 3.55. The molecule has 1 aromatic carbocycles. The zero-order valence-corrected chi connectivity index (χ0v) is 15.0. The van der Waals surface area contributed by atoms with Gasteiger partial charge >= 0.3 is 0 Å². The van der Waals surface area contributed by atoms with E-state index >= 15 is 0 Å². The monoisotopic (exact) mass is 369 g/mol. The fraction of sp³-hybridized carbons (Fsp3) is 0.222. The molecule has 2 aromatic heterocycles. The quantitative estimate of drug-likeness (QED) is 0.380. The van der Waals surface area contributed by atoms with Crippen LogP contribution in [0.3, 0.4) is 0 Å². The van der Waals surface area contributed by atoms with E-state index in [4.69, 9.17) is 12.2 Å². The van der Waals surface area contributed by atoms with Crippen molar-refractivity contribution in [3.63, 3.8) is 0 Å². The lowest BCUT2D eigenvalue weighted by atomic mass is 10.1. The van der Waals surface area contributed by atoms with Gasteiger partial charge in [-0.3, -0.25) is 18.8 Å². The fourth-order valence-electron chi connectivity index (χ4n) is 2.67. The highest BCUT2D eigenvalue weighted by molar-refractivity contribution is 7.71. The molecular formula is C18H19N5O2S. The molecule has 0 fully saturated rings. The van der Waals surface area contributed by atoms with Crippen LogP contribution in [0.4, 0.5) is 0 Å². The van der Waals surface area contributed by atoms with Gasteiger partial charge < -0.3 is 10.3 Å². The number of carbonyl (C=O) groups is 1. The Morgan fingerprint density at radius 2 is 2.27 bits per heavy atom. The minimum absolute atomic E-state index is 0.193. The van der Waals surface area contributed by atoms with Crippen molar-refractivity contribution in [2.45, 2.75) is 19.5 Å². The number of aromatic nitrogens is 4. The normalized spacial score (nSPS) is 10.8. The van der Waals surface area contributed by atoms with E-state index in [-0.39, 0.29) is 11.5 Å². The molecular weight excluding hydrogens is 350 g/mol. The van der Waals surface area contributed by atoms with Gasteiger partial charge in [0.15, 0.2) is 4.77 Å². The van der Waals surface area contributed by atoms with Gasteiger partial charge in [-0.2, -0.15) is 5.10 Å². The third-order valence-corrected chi connectivity index (χ3v) is 4.29. The third kappa shape index (κ3) is 3.80. The lowest BCUT2D eigenvalue weighted by Gasteiger charge is -2.08. The number of rotatable bonds is 7. The zero-order chi connectivity index (χ0) is 18.5. The molecule has 2 N–H and O–H groups in total. The van der Waals surface area contributed by atoms with Crippen LogP contribution in [0.5, 0.6) is 0 Å². The fourth-order valence-corrected chi connectivity index (χ4v) is 2.94. The van der Waals surface area contributed by atoms with Gasteiger partial charge in [-0.15, -0.1) is 6.58 Å². The van der Waals surface area contributed by atoms with Gasteiger partial charge in [-0.05, 0) is 42.9 Å². The molecule has 0 bridgehead atoms. The van der Waals surface area contributed by atoms with Crippen molar-refractivity contribution in [3.05, 3.63) is 70.0 Å². The molecule has 7 nitrogen and oxygen atoms in total. The van der Waals surface area contributed by atoms with E-state index in [1.54, 1.807) is 30.5 Å². The summed E-state index contributed by atoms with van der Waals surface area (Å²) in [6, 6.07) is 6.79. The Balaban J connectivity index is 1.72. The van der Waals surface area contributed by atoms with Crippen LogP contribution in [-0.2, 0) is 13.1 Å². The molecule has 0 spiro atoms. The summed E-state index contributed by atoms with van der Waals surface area (Å²) in [7, 11) is 0. The molecule has 0 radical (unpaired) electrons. The molecule has 1 amide bonds. The van der Waals surface area contributed by atoms with Crippen molar-refractivity contribution >= 4 is 29.0 Å². The second-order valence-corrected chi connectivity index (χ2v) is 6.16. The number of nitrogens with one attached hydrogen (secondary N) is 2. The minimum atomic E-state index is -0.199. The molecule has 26 heavy (non-hydrogen) atoms. The van der Waals surface area contributed by atoms with Crippen LogP contribution in [-0.4, -0.2) is 31.8 Å². The van der Waals surface area contributed by atoms with Crippen LogP contribution in [0.2, 0.25) is 0 Å². The molecule has 8 heteroatoms. The van der Waals surface area contributed by atoms with Crippen LogP contribution >= 0.6 is 12.2 Å². The number of benzene rings is 1. The van der Waals surface area contributed by atoms with E-state index in [1.165, 1.54) is 4.57 Å². The molecule has 0 aliphatic heterocycles. The molecule has 0 atom stereocenters. The van der Waals surface area contributed by atoms with E-state index in [1.807, 2.05) is 16.9 Å². The molecule has 3 rings (SSSR count). The average molecular weight is 369 g/mol. The van der Waals surface area contributed by atoms with Crippen molar-refractivity contribution in [1.82, 2.24) is 24.6 Å². The Labute approximate surface area is 155 Å². The highest BCUT2D eigenvalue weighted by atomic mass is 32.1. The standard InChI is InChI=1S/C18H19N5O2S/c1-2-9-23-17(25)14-6-5-13(12-15(14)21-18(23)26)16(24)19-7-3-10-22-11-4-8-20-22/h2,4-6,8,11-12H,1,3,7,9-10H2,(H,19,24)(H,21,26).